The Hall–Kier alpha value is -1.75. The van der Waals surface area contributed by atoms with Gasteiger partial charge in [-0.25, -0.2) is 0 Å². The molecule has 1 rings (SSSR count). The molecular weight excluding hydrogens is 162 g/mol. The number of aldehydes is 1. The van der Waals surface area contributed by atoms with E-state index in [0.29, 0.717) is 12.8 Å². The van der Waals surface area contributed by atoms with Crippen molar-refractivity contribution in [1.29, 1.82) is 0 Å². The highest BCUT2D eigenvalue weighted by molar-refractivity contribution is 5.72. The first-order valence-corrected chi connectivity index (χ1v) is 4.03. The van der Waals surface area contributed by atoms with E-state index in [2.05, 4.69) is 11.8 Å². The first-order valence-electron chi connectivity index (χ1n) is 4.03. The summed E-state index contributed by atoms with van der Waals surface area (Å²) in [5.74, 6) is 5.12. The van der Waals surface area contributed by atoms with E-state index in [1.807, 2.05) is 42.3 Å². The van der Waals surface area contributed by atoms with Crippen molar-refractivity contribution in [2.24, 2.45) is 0 Å². The van der Waals surface area contributed by atoms with Crippen LogP contribution in [0.2, 0.25) is 0 Å². The van der Waals surface area contributed by atoms with Crippen LogP contribution in [0.25, 0.3) is 0 Å². The molecule has 0 aliphatic heterocycles. The predicted octanol–water partition coefficient (Wildman–Crippen LogP) is 1.33. The Morgan fingerprint density at radius 3 is 2.69 bits per heavy atom. The van der Waals surface area contributed by atoms with Crippen molar-refractivity contribution in [3.63, 3.8) is 0 Å². The fourth-order valence-electron chi connectivity index (χ4n) is 0.980. The van der Waals surface area contributed by atoms with E-state index < -0.39 is 0 Å². The summed E-state index contributed by atoms with van der Waals surface area (Å²) in [5, 5.41) is 0. The molecule has 2 nitrogen and oxygen atoms in total. The lowest BCUT2D eigenvalue weighted by molar-refractivity contribution is -0.103. The Morgan fingerprint density at radius 1 is 1.38 bits per heavy atom. The number of benzene rings is 1. The summed E-state index contributed by atoms with van der Waals surface area (Å²) < 4.78 is 0. The average molecular weight is 173 g/mol. The third kappa shape index (κ3) is 3.00. The molecule has 0 unspecified atom stereocenters. The maximum atomic E-state index is 9.93. The van der Waals surface area contributed by atoms with Crippen molar-refractivity contribution >= 4 is 12.0 Å². The molecule has 0 heterocycles. The molecule has 1 aromatic carbocycles. The minimum Gasteiger partial charge on any atom is -0.363 e. The third-order valence-corrected chi connectivity index (χ3v) is 1.67. The molecule has 66 valence electrons. The van der Waals surface area contributed by atoms with Crippen molar-refractivity contribution in [3.05, 3.63) is 30.3 Å². The largest absolute Gasteiger partial charge is 0.363 e. The number of carbonyl (C=O) groups excluding carboxylic acids is 1. The molecule has 0 saturated carbocycles. The maximum Gasteiger partial charge on any atom is 0.192 e. The van der Waals surface area contributed by atoms with Gasteiger partial charge >= 0.3 is 0 Å². The lowest BCUT2D eigenvalue weighted by Gasteiger charge is -2.15. The van der Waals surface area contributed by atoms with Crippen molar-refractivity contribution in [1.82, 2.24) is 0 Å². The first kappa shape index (κ1) is 9.34. The van der Waals surface area contributed by atoms with Crippen molar-refractivity contribution < 1.29 is 4.79 Å². The molecule has 2 heteroatoms. The quantitative estimate of drug-likeness (QED) is 0.496. The molecular formula is C11H11NO. The molecule has 13 heavy (non-hydrogen) atoms. The van der Waals surface area contributed by atoms with Gasteiger partial charge in [-0.2, -0.15) is 0 Å². The summed E-state index contributed by atoms with van der Waals surface area (Å²) in [5.41, 5.74) is 1.10. The van der Waals surface area contributed by atoms with Gasteiger partial charge in [0.2, 0.25) is 0 Å². The number of rotatable bonds is 2. The molecule has 0 aromatic heterocycles. The first-order chi connectivity index (χ1) is 6.34. The molecule has 0 radical (unpaired) electrons. The van der Waals surface area contributed by atoms with E-state index in [0.717, 1.165) is 5.69 Å². The molecule has 1 aromatic rings. The summed E-state index contributed by atoms with van der Waals surface area (Å²) >= 11 is 0. The van der Waals surface area contributed by atoms with Gasteiger partial charge in [0.15, 0.2) is 6.29 Å². The van der Waals surface area contributed by atoms with Crippen LogP contribution in [0.1, 0.15) is 0 Å². The molecule has 0 amide bonds. The highest BCUT2D eigenvalue weighted by Gasteiger charge is 1.94. The van der Waals surface area contributed by atoms with Crippen LogP contribution >= 0.6 is 0 Å². The van der Waals surface area contributed by atoms with E-state index >= 15 is 0 Å². The van der Waals surface area contributed by atoms with Crippen LogP contribution in [-0.2, 0) is 4.79 Å². The van der Waals surface area contributed by atoms with Gasteiger partial charge in [-0.05, 0) is 18.1 Å². The minimum atomic E-state index is 0.572. The second kappa shape index (κ2) is 5.00. The monoisotopic (exact) mass is 173 g/mol. The summed E-state index contributed by atoms with van der Waals surface area (Å²) in [4.78, 5) is 11.9. The molecule has 0 aliphatic carbocycles. The number of hydrogen-bond acceptors (Lipinski definition) is 2. The van der Waals surface area contributed by atoms with Gasteiger partial charge in [-0.15, -0.1) is 0 Å². The Morgan fingerprint density at radius 2 is 2.08 bits per heavy atom. The summed E-state index contributed by atoms with van der Waals surface area (Å²) in [7, 11) is 1.94. The standard InChI is InChI=1S/C11H11NO/c1-12(9-5-6-10-13)11-7-3-2-4-8-11/h2-4,7-8,10H,9H2,1H3. The number of para-hydroxylation sites is 1. The maximum absolute atomic E-state index is 9.93. The van der Waals surface area contributed by atoms with E-state index in [-0.39, 0.29) is 0 Å². The Balaban J connectivity index is 2.58. The molecule has 0 atom stereocenters. The van der Waals surface area contributed by atoms with Crippen LogP contribution in [0.3, 0.4) is 0 Å². The number of carbonyl (C=O) groups is 1. The van der Waals surface area contributed by atoms with Crippen LogP contribution in [0.4, 0.5) is 5.69 Å². The van der Waals surface area contributed by atoms with Crippen LogP contribution in [0, 0.1) is 11.8 Å². The third-order valence-electron chi connectivity index (χ3n) is 1.67. The highest BCUT2D eigenvalue weighted by Crippen LogP contribution is 2.09. The predicted molar refractivity (Wildman–Crippen MR) is 53.6 cm³/mol. The van der Waals surface area contributed by atoms with Crippen LogP contribution < -0.4 is 4.90 Å². The second-order valence-electron chi connectivity index (χ2n) is 2.63. The lowest BCUT2D eigenvalue weighted by atomic mass is 10.3. The topological polar surface area (TPSA) is 20.3 Å². The normalized spacial score (nSPS) is 8.38. The molecule has 0 spiro atoms. The number of hydrogen-bond donors (Lipinski definition) is 0. The molecule has 0 N–H and O–H groups in total. The zero-order valence-electron chi connectivity index (χ0n) is 7.53. The van der Waals surface area contributed by atoms with Crippen LogP contribution in [0.15, 0.2) is 30.3 Å². The Kier molecular flexibility index (Phi) is 3.59. The second-order valence-corrected chi connectivity index (χ2v) is 2.63. The molecule has 0 fully saturated rings. The fraction of sp³-hybridized carbons (Fsp3) is 0.182. The smallest absolute Gasteiger partial charge is 0.192 e. The average Bonchev–Trinajstić information content (AvgIpc) is 2.19. The van der Waals surface area contributed by atoms with E-state index in [4.69, 9.17) is 0 Å². The van der Waals surface area contributed by atoms with Gasteiger partial charge in [0, 0.05) is 12.7 Å². The number of nitrogens with zero attached hydrogens (tertiary/aromatic N) is 1. The van der Waals surface area contributed by atoms with Gasteiger partial charge in [-0.3, -0.25) is 4.79 Å². The van der Waals surface area contributed by atoms with Crippen LogP contribution in [-0.4, -0.2) is 19.9 Å². The van der Waals surface area contributed by atoms with E-state index in [1.54, 1.807) is 0 Å². The fourth-order valence-corrected chi connectivity index (χ4v) is 0.980. The van der Waals surface area contributed by atoms with Gasteiger partial charge in [0.25, 0.3) is 0 Å². The van der Waals surface area contributed by atoms with E-state index in [9.17, 15) is 4.79 Å². The Labute approximate surface area is 78.2 Å². The lowest BCUT2D eigenvalue weighted by Crippen LogP contribution is -2.16. The summed E-state index contributed by atoms with van der Waals surface area (Å²) in [6, 6.07) is 9.91. The molecule has 0 bridgehead atoms. The van der Waals surface area contributed by atoms with Crippen LogP contribution in [0.5, 0.6) is 0 Å². The SMILES string of the molecule is CN(CC#CC=O)c1ccccc1. The molecule has 0 aliphatic rings. The Bertz CT molecular complexity index is 321. The highest BCUT2D eigenvalue weighted by atomic mass is 16.1. The van der Waals surface area contributed by atoms with E-state index in [1.165, 1.54) is 0 Å². The zero-order valence-corrected chi connectivity index (χ0v) is 7.53. The van der Waals surface area contributed by atoms with Gasteiger partial charge in [0.05, 0.1) is 6.54 Å². The van der Waals surface area contributed by atoms with Crippen molar-refractivity contribution in [2.75, 3.05) is 18.5 Å². The number of anilines is 1. The molecule has 0 saturated heterocycles. The van der Waals surface area contributed by atoms with Gasteiger partial charge in [0.1, 0.15) is 0 Å². The van der Waals surface area contributed by atoms with Gasteiger partial charge < -0.3 is 4.90 Å². The summed E-state index contributed by atoms with van der Waals surface area (Å²) in [6.45, 7) is 0.572. The van der Waals surface area contributed by atoms with Gasteiger partial charge in [-0.1, -0.05) is 24.1 Å². The van der Waals surface area contributed by atoms with Crippen molar-refractivity contribution in [3.8, 4) is 11.8 Å². The van der Waals surface area contributed by atoms with Crippen molar-refractivity contribution in [2.45, 2.75) is 0 Å². The minimum absolute atomic E-state index is 0.572. The summed E-state index contributed by atoms with van der Waals surface area (Å²) in [6.07, 6.45) is 0.610. The zero-order chi connectivity index (χ0) is 9.52.